The molecule has 0 aromatic heterocycles. The van der Waals surface area contributed by atoms with Crippen molar-refractivity contribution in [2.75, 3.05) is 20.3 Å². The fourth-order valence-electron chi connectivity index (χ4n) is 0.971. The molecule has 0 aromatic rings. The Morgan fingerprint density at radius 1 is 1.67 bits per heavy atom. The second-order valence-corrected chi connectivity index (χ2v) is 2.28. The van der Waals surface area contributed by atoms with Crippen molar-refractivity contribution in [2.24, 2.45) is 0 Å². The molecule has 2 nitrogen and oxygen atoms in total. The van der Waals surface area contributed by atoms with E-state index in [1.807, 2.05) is 6.92 Å². The first-order valence-corrected chi connectivity index (χ1v) is 3.18. The van der Waals surface area contributed by atoms with Gasteiger partial charge < -0.3 is 5.32 Å². The van der Waals surface area contributed by atoms with Gasteiger partial charge in [-0.15, -0.1) is 5.92 Å². The first kappa shape index (κ1) is 6.60. The molecule has 0 amide bonds. The molecule has 0 saturated carbocycles. The monoisotopic (exact) mass is 124 g/mol. The van der Waals surface area contributed by atoms with Crippen molar-refractivity contribution in [2.45, 2.75) is 13.0 Å². The van der Waals surface area contributed by atoms with Crippen molar-refractivity contribution in [3.8, 4) is 11.8 Å². The van der Waals surface area contributed by atoms with Crippen LogP contribution in [0.25, 0.3) is 0 Å². The zero-order valence-corrected chi connectivity index (χ0v) is 5.94. The standard InChI is InChI=1S/C7H12N2/c1-3-4-7-5-8-6-9(7)2/h7-8H,5-6H2,1-2H3. The fourth-order valence-corrected chi connectivity index (χ4v) is 0.971. The highest BCUT2D eigenvalue weighted by molar-refractivity contribution is 5.08. The molecule has 1 aliphatic rings. The Morgan fingerprint density at radius 2 is 2.44 bits per heavy atom. The summed E-state index contributed by atoms with van der Waals surface area (Å²) in [5, 5.41) is 3.23. The van der Waals surface area contributed by atoms with Gasteiger partial charge in [-0.2, -0.15) is 0 Å². The molecule has 1 fully saturated rings. The molecule has 0 spiro atoms. The summed E-state index contributed by atoms with van der Waals surface area (Å²) >= 11 is 0. The molecule has 0 radical (unpaired) electrons. The number of hydrogen-bond acceptors (Lipinski definition) is 2. The molecule has 0 bridgehead atoms. The van der Waals surface area contributed by atoms with Crippen molar-refractivity contribution >= 4 is 0 Å². The molecule has 2 heteroatoms. The normalized spacial score (nSPS) is 27.6. The van der Waals surface area contributed by atoms with Crippen LogP contribution in [0.3, 0.4) is 0 Å². The summed E-state index contributed by atoms with van der Waals surface area (Å²) in [6, 6.07) is 0.440. The molecule has 1 unspecified atom stereocenters. The predicted molar refractivity (Wildman–Crippen MR) is 37.9 cm³/mol. The molecule has 1 saturated heterocycles. The minimum atomic E-state index is 0.440. The van der Waals surface area contributed by atoms with Crippen molar-refractivity contribution in [3.05, 3.63) is 0 Å². The quantitative estimate of drug-likeness (QED) is 0.453. The number of likely N-dealkylation sites (N-methyl/N-ethyl adjacent to an activating group) is 1. The summed E-state index contributed by atoms with van der Waals surface area (Å²) in [6.45, 7) is 3.86. The lowest BCUT2D eigenvalue weighted by Crippen LogP contribution is -2.24. The highest BCUT2D eigenvalue weighted by Gasteiger charge is 2.16. The van der Waals surface area contributed by atoms with Crippen LogP contribution < -0.4 is 5.32 Å². The summed E-state index contributed by atoms with van der Waals surface area (Å²) in [6.07, 6.45) is 0. The van der Waals surface area contributed by atoms with Crippen molar-refractivity contribution in [1.29, 1.82) is 0 Å². The highest BCUT2D eigenvalue weighted by atomic mass is 15.3. The summed E-state index contributed by atoms with van der Waals surface area (Å²) in [5.74, 6) is 6.02. The Bertz CT molecular complexity index is 143. The Morgan fingerprint density at radius 3 is 2.89 bits per heavy atom. The summed E-state index contributed by atoms with van der Waals surface area (Å²) in [7, 11) is 2.08. The van der Waals surface area contributed by atoms with Gasteiger partial charge in [-0.25, -0.2) is 0 Å². The molecule has 1 atom stereocenters. The molecule has 50 valence electrons. The maximum atomic E-state index is 3.23. The summed E-state index contributed by atoms with van der Waals surface area (Å²) in [5.41, 5.74) is 0. The summed E-state index contributed by atoms with van der Waals surface area (Å²) < 4.78 is 0. The molecule has 1 rings (SSSR count). The zero-order valence-electron chi connectivity index (χ0n) is 5.94. The Labute approximate surface area is 56.2 Å². The van der Waals surface area contributed by atoms with Crippen LogP contribution in [0.4, 0.5) is 0 Å². The average molecular weight is 124 g/mol. The highest BCUT2D eigenvalue weighted by Crippen LogP contribution is 1.97. The second kappa shape index (κ2) is 2.86. The Kier molecular flexibility index (Phi) is 2.10. The number of nitrogens with one attached hydrogen (secondary N) is 1. The van der Waals surface area contributed by atoms with E-state index in [0.29, 0.717) is 6.04 Å². The van der Waals surface area contributed by atoms with Crippen LogP contribution in [0.2, 0.25) is 0 Å². The van der Waals surface area contributed by atoms with E-state index in [1.165, 1.54) is 0 Å². The number of rotatable bonds is 0. The van der Waals surface area contributed by atoms with E-state index >= 15 is 0 Å². The van der Waals surface area contributed by atoms with E-state index in [2.05, 4.69) is 29.1 Å². The molecule has 0 aromatic carbocycles. The van der Waals surface area contributed by atoms with Gasteiger partial charge in [0.15, 0.2) is 0 Å². The SMILES string of the molecule is CC#CC1CNCN1C. The predicted octanol–water partition coefficient (Wildman–Crippen LogP) is -0.129. The first-order valence-electron chi connectivity index (χ1n) is 3.18. The molecular formula is C7H12N2. The van der Waals surface area contributed by atoms with Crippen LogP contribution >= 0.6 is 0 Å². The third-order valence-electron chi connectivity index (χ3n) is 1.54. The van der Waals surface area contributed by atoms with Crippen LogP contribution in [0.15, 0.2) is 0 Å². The third-order valence-corrected chi connectivity index (χ3v) is 1.54. The van der Waals surface area contributed by atoms with Crippen molar-refractivity contribution in [3.63, 3.8) is 0 Å². The van der Waals surface area contributed by atoms with Gasteiger partial charge in [0.25, 0.3) is 0 Å². The minimum Gasteiger partial charge on any atom is -0.302 e. The van der Waals surface area contributed by atoms with Crippen molar-refractivity contribution in [1.82, 2.24) is 10.2 Å². The first-order chi connectivity index (χ1) is 4.34. The lowest BCUT2D eigenvalue weighted by Gasteiger charge is -2.10. The van der Waals surface area contributed by atoms with Crippen LogP contribution in [-0.2, 0) is 0 Å². The van der Waals surface area contributed by atoms with E-state index in [1.54, 1.807) is 0 Å². The van der Waals surface area contributed by atoms with Gasteiger partial charge in [0.05, 0.1) is 6.04 Å². The van der Waals surface area contributed by atoms with Crippen LogP contribution in [0.5, 0.6) is 0 Å². The van der Waals surface area contributed by atoms with Gasteiger partial charge in [-0.3, -0.25) is 4.90 Å². The topological polar surface area (TPSA) is 15.3 Å². The van der Waals surface area contributed by atoms with E-state index in [4.69, 9.17) is 0 Å². The zero-order chi connectivity index (χ0) is 6.69. The largest absolute Gasteiger partial charge is 0.302 e. The third kappa shape index (κ3) is 1.44. The van der Waals surface area contributed by atoms with E-state index in [-0.39, 0.29) is 0 Å². The maximum Gasteiger partial charge on any atom is 0.0848 e. The van der Waals surface area contributed by atoms with Crippen LogP contribution in [0, 0.1) is 11.8 Å². The number of nitrogens with zero attached hydrogens (tertiary/aromatic N) is 1. The Balaban J connectivity index is 2.46. The summed E-state index contributed by atoms with van der Waals surface area (Å²) in [4.78, 5) is 2.20. The molecule has 1 heterocycles. The van der Waals surface area contributed by atoms with E-state index < -0.39 is 0 Å². The number of hydrogen-bond donors (Lipinski definition) is 1. The Hall–Kier alpha value is -0.520. The fraction of sp³-hybridized carbons (Fsp3) is 0.714. The van der Waals surface area contributed by atoms with Crippen molar-refractivity contribution < 1.29 is 0 Å². The smallest absolute Gasteiger partial charge is 0.0848 e. The lowest BCUT2D eigenvalue weighted by atomic mass is 10.3. The van der Waals surface area contributed by atoms with Crippen LogP contribution in [0.1, 0.15) is 6.92 Å². The van der Waals surface area contributed by atoms with Gasteiger partial charge in [-0.05, 0) is 14.0 Å². The van der Waals surface area contributed by atoms with Gasteiger partial charge >= 0.3 is 0 Å². The minimum absolute atomic E-state index is 0.440. The lowest BCUT2D eigenvalue weighted by molar-refractivity contribution is 0.366. The average Bonchev–Trinajstić information content (AvgIpc) is 2.18. The van der Waals surface area contributed by atoms with Gasteiger partial charge in [0.2, 0.25) is 0 Å². The van der Waals surface area contributed by atoms with Gasteiger partial charge in [0, 0.05) is 13.2 Å². The maximum absolute atomic E-state index is 3.23. The second-order valence-electron chi connectivity index (χ2n) is 2.28. The van der Waals surface area contributed by atoms with Crippen LogP contribution in [-0.4, -0.2) is 31.2 Å². The molecule has 9 heavy (non-hydrogen) atoms. The molecule has 1 N–H and O–H groups in total. The molecule has 1 aliphatic heterocycles. The molecular weight excluding hydrogens is 112 g/mol. The van der Waals surface area contributed by atoms with E-state index in [0.717, 1.165) is 13.2 Å². The van der Waals surface area contributed by atoms with E-state index in [9.17, 15) is 0 Å². The molecule has 0 aliphatic carbocycles. The van der Waals surface area contributed by atoms with Gasteiger partial charge in [0.1, 0.15) is 0 Å². The van der Waals surface area contributed by atoms with Gasteiger partial charge in [-0.1, -0.05) is 5.92 Å².